The van der Waals surface area contributed by atoms with Crippen LogP contribution in [0.3, 0.4) is 0 Å². The molecule has 6 heteroatoms. The molecule has 94 valence electrons. The molecule has 1 rings (SSSR count). The van der Waals surface area contributed by atoms with Crippen molar-refractivity contribution in [2.45, 2.75) is 44.2 Å². The van der Waals surface area contributed by atoms with E-state index in [-0.39, 0.29) is 6.04 Å². The Morgan fingerprint density at radius 3 is 2.56 bits per heavy atom. The molecule has 16 heavy (non-hydrogen) atoms. The van der Waals surface area contributed by atoms with Gasteiger partial charge in [-0.15, -0.1) is 0 Å². The minimum atomic E-state index is -3.29. The maximum Gasteiger partial charge on any atom is 0.235 e. The molecule has 0 aliphatic heterocycles. The summed E-state index contributed by atoms with van der Waals surface area (Å²) in [7, 11) is -3.29. The fourth-order valence-corrected chi connectivity index (χ4v) is 2.50. The topological polar surface area (TPSA) is 83.5 Å². The Labute approximate surface area is 96.1 Å². The molecule has 0 heterocycles. The van der Waals surface area contributed by atoms with Crippen LogP contribution in [0.25, 0.3) is 0 Å². The minimum Gasteiger partial charge on any atom is -0.391 e. The van der Waals surface area contributed by atoms with E-state index in [2.05, 4.69) is 5.32 Å². The molecule has 5 nitrogen and oxygen atoms in total. The van der Waals surface area contributed by atoms with Crippen molar-refractivity contribution in [3.05, 3.63) is 0 Å². The van der Waals surface area contributed by atoms with Crippen LogP contribution in [0, 0.1) is 0 Å². The lowest BCUT2D eigenvalue weighted by molar-refractivity contribution is -0.120. The molecule has 0 spiro atoms. The molecule has 2 atom stereocenters. The van der Waals surface area contributed by atoms with Crippen molar-refractivity contribution in [2.75, 3.05) is 12.0 Å². The van der Waals surface area contributed by atoms with Crippen LogP contribution >= 0.6 is 0 Å². The fourth-order valence-electron chi connectivity index (χ4n) is 1.94. The van der Waals surface area contributed by atoms with Crippen molar-refractivity contribution in [1.29, 1.82) is 0 Å². The lowest BCUT2D eigenvalue weighted by Crippen LogP contribution is -2.44. The number of aliphatic hydroxyl groups is 1. The average molecular weight is 249 g/mol. The smallest absolute Gasteiger partial charge is 0.235 e. The van der Waals surface area contributed by atoms with Crippen molar-refractivity contribution in [3.63, 3.8) is 0 Å². The summed E-state index contributed by atoms with van der Waals surface area (Å²) in [5, 5.41) is 12.3. The van der Waals surface area contributed by atoms with Crippen molar-refractivity contribution in [3.8, 4) is 0 Å². The highest BCUT2D eigenvalue weighted by atomic mass is 32.2. The standard InChI is InChI=1S/C10H19NO4S/c1-16(14,15)7-10(13)11-8-5-3-2-4-6-9(8)12/h8-9,12H,2-7H2,1H3,(H,11,13). The summed E-state index contributed by atoms with van der Waals surface area (Å²) in [5.41, 5.74) is 0. The number of aliphatic hydroxyl groups excluding tert-OH is 1. The number of amides is 1. The molecular formula is C10H19NO4S. The van der Waals surface area contributed by atoms with Crippen molar-refractivity contribution >= 4 is 15.7 Å². The van der Waals surface area contributed by atoms with E-state index in [0.29, 0.717) is 6.42 Å². The van der Waals surface area contributed by atoms with E-state index in [4.69, 9.17) is 0 Å². The lowest BCUT2D eigenvalue weighted by Gasteiger charge is -2.21. The highest BCUT2D eigenvalue weighted by Crippen LogP contribution is 2.17. The van der Waals surface area contributed by atoms with Crippen LogP contribution in [-0.4, -0.2) is 43.6 Å². The molecule has 1 fully saturated rings. The molecule has 0 aromatic carbocycles. The second-order valence-corrected chi connectivity index (χ2v) is 6.59. The third-order valence-electron chi connectivity index (χ3n) is 2.72. The van der Waals surface area contributed by atoms with Gasteiger partial charge in [0.15, 0.2) is 9.84 Å². The third-order valence-corrected chi connectivity index (χ3v) is 3.51. The molecule has 0 radical (unpaired) electrons. The second kappa shape index (κ2) is 5.63. The summed E-state index contributed by atoms with van der Waals surface area (Å²) < 4.78 is 21.8. The van der Waals surface area contributed by atoms with Gasteiger partial charge in [0.05, 0.1) is 12.1 Å². The number of hydrogen-bond acceptors (Lipinski definition) is 4. The van der Waals surface area contributed by atoms with E-state index in [1.54, 1.807) is 0 Å². The number of rotatable bonds is 3. The zero-order chi connectivity index (χ0) is 12.2. The average Bonchev–Trinajstić information content (AvgIpc) is 2.29. The normalized spacial score (nSPS) is 27.1. The van der Waals surface area contributed by atoms with Gasteiger partial charge in [-0.25, -0.2) is 8.42 Å². The zero-order valence-electron chi connectivity index (χ0n) is 9.48. The van der Waals surface area contributed by atoms with Crippen LogP contribution in [0.2, 0.25) is 0 Å². The van der Waals surface area contributed by atoms with Gasteiger partial charge in [0.25, 0.3) is 0 Å². The molecule has 1 saturated carbocycles. The van der Waals surface area contributed by atoms with Crippen LogP contribution in [0.15, 0.2) is 0 Å². The maximum absolute atomic E-state index is 11.4. The first-order chi connectivity index (χ1) is 7.38. The van der Waals surface area contributed by atoms with Gasteiger partial charge >= 0.3 is 0 Å². The molecular weight excluding hydrogens is 230 g/mol. The van der Waals surface area contributed by atoms with Crippen LogP contribution in [-0.2, 0) is 14.6 Å². The van der Waals surface area contributed by atoms with E-state index in [0.717, 1.165) is 31.9 Å². The van der Waals surface area contributed by atoms with Gasteiger partial charge in [0.2, 0.25) is 5.91 Å². The monoisotopic (exact) mass is 249 g/mol. The number of carbonyl (C=O) groups excluding carboxylic acids is 1. The van der Waals surface area contributed by atoms with Gasteiger partial charge in [-0.2, -0.15) is 0 Å². The predicted molar refractivity (Wildman–Crippen MR) is 60.7 cm³/mol. The summed E-state index contributed by atoms with van der Waals surface area (Å²) in [6.45, 7) is 0. The van der Waals surface area contributed by atoms with Gasteiger partial charge in [-0.3, -0.25) is 4.79 Å². The van der Waals surface area contributed by atoms with Gasteiger partial charge in [0.1, 0.15) is 5.75 Å². The predicted octanol–water partition coefficient (Wildman–Crippen LogP) is -0.159. The summed E-state index contributed by atoms with van der Waals surface area (Å²) in [6.07, 6.45) is 4.83. The molecule has 0 bridgehead atoms. The maximum atomic E-state index is 11.4. The Hall–Kier alpha value is -0.620. The van der Waals surface area contributed by atoms with Crippen LogP contribution < -0.4 is 5.32 Å². The number of sulfone groups is 1. The summed E-state index contributed by atoms with van der Waals surface area (Å²) in [5.74, 6) is -1.02. The zero-order valence-corrected chi connectivity index (χ0v) is 10.3. The molecule has 0 saturated heterocycles. The highest BCUT2D eigenvalue weighted by Gasteiger charge is 2.24. The van der Waals surface area contributed by atoms with Crippen molar-refractivity contribution < 1.29 is 18.3 Å². The number of nitrogens with one attached hydrogen (secondary N) is 1. The Morgan fingerprint density at radius 2 is 1.94 bits per heavy atom. The minimum absolute atomic E-state index is 0.295. The Kier molecular flexibility index (Phi) is 4.73. The Morgan fingerprint density at radius 1 is 1.31 bits per heavy atom. The third kappa shape index (κ3) is 4.94. The SMILES string of the molecule is CS(=O)(=O)CC(=O)NC1CCCCCC1O. The van der Waals surface area contributed by atoms with Gasteiger partial charge in [-0.05, 0) is 12.8 Å². The summed E-state index contributed by atoms with van der Waals surface area (Å²) in [6, 6.07) is -0.295. The van der Waals surface area contributed by atoms with Crippen molar-refractivity contribution in [2.24, 2.45) is 0 Å². The Balaban J connectivity index is 2.48. The van der Waals surface area contributed by atoms with Gasteiger partial charge in [0, 0.05) is 6.26 Å². The first kappa shape index (κ1) is 13.4. The first-order valence-electron chi connectivity index (χ1n) is 5.53. The van der Waals surface area contributed by atoms with E-state index in [9.17, 15) is 18.3 Å². The van der Waals surface area contributed by atoms with Crippen LogP contribution in [0.4, 0.5) is 0 Å². The fraction of sp³-hybridized carbons (Fsp3) is 0.900. The molecule has 1 aliphatic carbocycles. The Bertz CT molecular complexity index is 339. The van der Waals surface area contributed by atoms with Gasteiger partial charge in [-0.1, -0.05) is 19.3 Å². The van der Waals surface area contributed by atoms with E-state index in [1.807, 2.05) is 0 Å². The largest absolute Gasteiger partial charge is 0.391 e. The molecule has 2 N–H and O–H groups in total. The van der Waals surface area contributed by atoms with Gasteiger partial charge < -0.3 is 10.4 Å². The van der Waals surface area contributed by atoms with E-state index < -0.39 is 27.6 Å². The number of carbonyl (C=O) groups is 1. The van der Waals surface area contributed by atoms with E-state index in [1.165, 1.54) is 0 Å². The molecule has 1 amide bonds. The van der Waals surface area contributed by atoms with Crippen LogP contribution in [0.5, 0.6) is 0 Å². The molecule has 0 aromatic rings. The second-order valence-electron chi connectivity index (χ2n) is 4.45. The quantitative estimate of drug-likeness (QED) is 0.681. The molecule has 1 aliphatic rings. The first-order valence-corrected chi connectivity index (χ1v) is 7.60. The van der Waals surface area contributed by atoms with Crippen LogP contribution in [0.1, 0.15) is 32.1 Å². The highest BCUT2D eigenvalue weighted by molar-refractivity contribution is 7.91. The number of hydrogen-bond donors (Lipinski definition) is 2. The van der Waals surface area contributed by atoms with Crippen molar-refractivity contribution in [1.82, 2.24) is 5.32 Å². The molecule has 0 aromatic heterocycles. The lowest BCUT2D eigenvalue weighted by atomic mass is 10.1. The molecule has 2 unspecified atom stereocenters. The summed E-state index contributed by atoms with van der Waals surface area (Å²) >= 11 is 0. The van der Waals surface area contributed by atoms with E-state index >= 15 is 0 Å². The summed E-state index contributed by atoms with van der Waals surface area (Å²) in [4.78, 5) is 11.4.